The van der Waals surface area contributed by atoms with Gasteiger partial charge in [-0.05, 0) is 12.1 Å². The Labute approximate surface area is 90.2 Å². The Morgan fingerprint density at radius 2 is 2.00 bits per heavy atom. The summed E-state index contributed by atoms with van der Waals surface area (Å²) >= 11 is 5.48. The van der Waals surface area contributed by atoms with Crippen molar-refractivity contribution in [1.82, 2.24) is 0 Å². The molecule has 0 aliphatic rings. The Hall–Kier alpha value is -1.14. The van der Waals surface area contributed by atoms with Crippen LogP contribution in [-0.2, 0) is 9.84 Å². The van der Waals surface area contributed by atoms with Crippen LogP contribution < -0.4 is 0 Å². The van der Waals surface area contributed by atoms with Crippen LogP contribution in [0.1, 0.15) is 10.4 Å². The molecule has 7 heteroatoms. The first-order chi connectivity index (χ1) is 6.75. The van der Waals surface area contributed by atoms with Crippen LogP contribution in [0, 0.1) is 5.82 Å². The Balaban J connectivity index is 3.66. The van der Waals surface area contributed by atoms with E-state index in [-0.39, 0.29) is 5.02 Å². The third kappa shape index (κ3) is 2.27. The van der Waals surface area contributed by atoms with Gasteiger partial charge in [0.2, 0.25) is 0 Å². The number of hydrogen-bond donors (Lipinski definition) is 1. The molecule has 0 saturated carbocycles. The molecule has 0 heterocycles. The zero-order valence-electron chi connectivity index (χ0n) is 7.49. The predicted octanol–water partition coefficient (Wildman–Crippen LogP) is 1.58. The monoisotopic (exact) mass is 252 g/mol. The number of sulfone groups is 1. The van der Waals surface area contributed by atoms with Crippen molar-refractivity contribution in [2.24, 2.45) is 0 Å². The number of hydrogen-bond acceptors (Lipinski definition) is 3. The predicted molar refractivity (Wildman–Crippen MR) is 51.5 cm³/mol. The maximum Gasteiger partial charge on any atom is 0.338 e. The molecule has 0 amide bonds. The molecule has 1 rings (SSSR count). The second-order valence-electron chi connectivity index (χ2n) is 2.82. The van der Waals surface area contributed by atoms with E-state index in [0.29, 0.717) is 0 Å². The maximum absolute atomic E-state index is 13.4. The SMILES string of the molecule is CS(=O)(=O)c1c(Cl)ccc(C(=O)O)c1F. The van der Waals surface area contributed by atoms with Crippen LogP contribution in [-0.4, -0.2) is 25.7 Å². The molecule has 4 nitrogen and oxygen atoms in total. The Morgan fingerprint density at radius 3 is 2.40 bits per heavy atom. The van der Waals surface area contributed by atoms with Gasteiger partial charge in [-0.2, -0.15) is 0 Å². The average molecular weight is 253 g/mol. The van der Waals surface area contributed by atoms with Crippen LogP contribution in [0.25, 0.3) is 0 Å². The third-order valence-corrected chi connectivity index (χ3v) is 3.22. The molecule has 0 bridgehead atoms. The van der Waals surface area contributed by atoms with Gasteiger partial charge >= 0.3 is 5.97 Å². The molecule has 0 unspecified atom stereocenters. The number of carboxylic acid groups (broad SMARTS) is 1. The van der Waals surface area contributed by atoms with E-state index in [1.54, 1.807) is 0 Å². The Morgan fingerprint density at radius 1 is 1.47 bits per heavy atom. The maximum atomic E-state index is 13.4. The first-order valence-electron chi connectivity index (χ1n) is 3.66. The highest BCUT2D eigenvalue weighted by atomic mass is 35.5. The van der Waals surface area contributed by atoms with Gasteiger partial charge in [0, 0.05) is 6.26 Å². The van der Waals surface area contributed by atoms with E-state index in [2.05, 4.69) is 0 Å². The summed E-state index contributed by atoms with van der Waals surface area (Å²) in [6.45, 7) is 0. The fourth-order valence-corrected chi connectivity index (χ4v) is 2.46. The quantitative estimate of drug-likeness (QED) is 0.867. The van der Waals surface area contributed by atoms with Gasteiger partial charge in [0.1, 0.15) is 4.90 Å². The van der Waals surface area contributed by atoms with Crippen molar-refractivity contribution in [3.05, 3.63) is 28.5 Å². The molecular formula is C8H6ClFO4S. The lowest BCUT2D eigenvalue weighted by Crippen LogP contribution is -2.08. The van der Waals surface area contributed by atoms with Gasteiger partial charge in [-0.15, -0.1) is 0 Å². The van der Waals surface area contributed by atoms with Crippen LogP contribution in [0.3, 0.4) is 0 Å². The zero-order chi connectivity index (χ0) is 11.8. The summed E-state index contributed by atoms with van der Waals surface area (Å²) in [6.07, 6.45) is 0.753. The summed E-state index contributed by atoms with van der Waals surface area (Å²) < 4.78 is 35.7. The summed E-state index contributed by atoms with van der Waals surface area (Å²) in [4.78, 5) is 9.75. The van der Waals surface area contributed by atoms with E-state index in [0.717, 1.165) is 18.4 Å². The minimum atomic E-state index is -3.89. The van der Waals surface area contributed by atoms with Gasteiger partial charge in [-0.25, -0.2) is 17.6 Å². The van der Waals surface area contributed by atoms with E-state index >= 15 is 0 Å². The van der Waals surface area contributed by atoms with Gasteiger partial charge in [-0.1, -0.05) is 11.6 Å². The highest BCUT2D eigenvalue weighted by Crippen LogP contribution is 2.26. The van der Waals surface area contributed by atoms with Crippen molar-refractivity contribution >= 4 is 27.4 Å². The lowest BCUT2D eigenvalue weighted by Gasteiger charge is -2.05. The summed E-state index contributed by atoms with van der Waals surface area (Å²) in [5.41, 5.74) is -0.722. The van der Waals surface area contributed by atoms with Crippen LogP contribution in [0.15, 0.2) is 17.0 Å². The smallest absolute Gasteiger partial charge is 0.338 e. The highest BCUT2D eigenvalue weighted by Gasteiger charge is 2.23. The highest BCUT2D eigenvalue weighted by molar-refractivity contribution is 7.90. The Kier molecular flexibility index (Phi) is 3.01. The molecule has 0 fully saturated rings. The number of aromatic carboxylic acids is 1. The molecule has 0 aromatic heterocycles. The molecule has 0 atom stereocenters. The average Bonchev–Trinajstić information content (AvgIpc) is 2.00. The van der Waals surface area contributed by atoms with Gasteiger partial charge in [0.15, 0.2) is 15.7 Å². The van der Waals surface area contributed by atoms with Crippen LogP contribution >= 0.6 is 11.6 Å². The van der Waals surface area contributed by atoms with Crippen LogP contribution in [0.5, 0.6) is 0 Å². The molecule has 1 aromatic rings. The van der Waals surface area contributed by atoms with Crippen molar-refractivity contribution < 1.29 is 22.7 Å². The standard InChI is InChI=1S/C8H6ClFO4S/c1-15(13,14)7-5(9)3-2-4(6(7)10)8(11)12/h2-3H,1H3,(H,11,12). The van der Waals surface area contributed by atoms with E-state index in [1.807, 2.05) is 0 Å². The topological polar surface area (TPSA) is 71.4 Å². The van der Waals surface area contributed by atoms with E-state index < -0.39 is 32.1 Å². The largest absolute Gasteiger partial charge is 0.478 e. The third-order valence-electron chi connectivity index (χ3n) is 1.65. The lowest BCUT2D eigenvalue weighted by atomic mass is 10.2. The fourth-order valence-electron chi connectivity index (χ4n) is 1.04. The van der Waals surface area contributed by atoms with Gasteiger partial charge in [-0.3, -0.25) is 0 Å². The molecule has 1 aromatic carbocycles. The van der Waals surface area contributed by atoms with Crippen molar-refractivity contribution in [3.8, 4) is 0 Å². The van der Waals surface area contributed by atoms with Crippen molar-refractivity contribution in [1.29, 1.82) is 0 Å². The second-order valence-corrected chi connectivity index (χ2v) is 5.18. The van der Waals surface area contributed by atoms with E-state index in [4.69, 9.17) is 16.7 Å². The summed E-state index contributed by atoms with van der Waals surface area (Å²) in [5, 5.41) is 8.24. The van der Waals surface area contributed by atoms with Crippen LogP contribution in [0.4, 0.5) is 4.39 Å². The molecule has 0 saturated heterocycles. The number of rotatable bonds is 2. The molecule has 0 spiro atoms. The lowest BCUT2D eigenvalue weighted by molar-refractivity contribution is 0.0691. The van der Waals surface area contributed by atoms with Crippen molar-refractivity contribution in [2.45, 2.75) is 4.90 Å². The minimum Gasteiger partial charge on any atom is -0.478 e. The Bertz CT molecular complexity index is 524. The molecule has 0 aliphatic carbocycles. The molecule has 1 N–H and O–H groups in total. The van der Waals surface area contributed by atoms with Gasteiger partial charge in [0.05, 0.1) is 10.6 Å². The molecule has 15 heavy (non-hydrogen) atoms. The number of benzene rings is 1. The normalized spacial score (nSPS) is 11.4. The van der Waals surface area contributed by atoms with Gasteiger partial charge < -0.3 is 5.11 Å². The summed E-state index contributed by atoms with van der Waals surface area (Å²) in [5.74, 6) is -2.88. The molecule has 82 valence electrons. The van der Waals surface area contributed by atoms with E-state index in [1.165, 1.54) is 0 Å². The molecule has 0 radical (unpaired) electrons. The fraction of sp³-hybridized carbons (Fsp3) is 0.125. The number of halogens is 2. The minimum absolute atomic E-state index is 0.333. The molecular weight excluding hydrogens is 247 g/mol. The summed E-state index contributed by atoms with van der Waals surface area (Å²) in [7, 11) is -3.89. The second kappa shape index (κ2) is 3.79. The first-order valence-corrected chi connectivity index (χ1v) is 5.93. The van der Waals surface area contributed by atoms with Crippen molar-refractivity contribution in [2.75, 3.05) is 6.26 Å². The number of carbonyl (C=O) groups is 1. The molecule has 0 aliphatic heterocycles. The van der Waals surface area contributed by atoms with Crippen molar-refractivity contribution in [3.63, 3.8) is 0 Å². The van der Waals surface area contributed by atoms with E-state index in [9.17, 15) is 17.6 Å². The zero-order valence-corrected chi connectivity index (χ0v) is 9.06. The number of carboxylic acids is 1. The van der Waals surface area contributed by atoms with Crippen LogP contribution in [0.2, 0.25) is 5.02 Å². The summed E-state index contributed by atoms with van der Waals surface area (Å²) in [6, 6.07) is 1.94. The first kappa shape index (κ1) is 11.9. The van der Waals surface area contributed by atoms with Gasteiger partial charge in [0.25, 0.3) is 0 Å².